The highest BCUT2D eigenvalue weighted by molar-refractivity contribution is 8.03. The van der Waals surface area contributed by atoms with Crippen LogP contribution in [0.3, 0.4) is 0 Å². The SMILES string of the molecule is CC1(OC=O)CC=CS1. The van der Waals surface area contributed by atoms with Crippen molar-refractivity contribution in [1.82, 2.24) is 0 Å². The van der Waals surface area contributed by atoms with Crippen LogP contribution in [-0.4, -0.2) is 11.4 Å². The second-order valence-electron chi connectivity index (χ2n) is 2.04. The molecule has 1 unspecified atom stereocenters. The molecule has 9 heavy (non-hydrogen) atoms. The molecule has 0 radical (unpaired) electrons. The van der Waals surface area contributed by atoms with Gasteiger partial charge in [-0.15, -0.1) is 0 Å². The highest BCUT2D eigenvalue weighted by atomic mass is 32.2. The number of thioether (sulfide) groups is 1. The molecule has 0 bridgehead atoms. The Morgan fingerprint density at radius 2 is 2.67 bits per heavy atom. The third-order valence-corrected chi connectivity index (χ3v) is 2.29. The van der Waals surface area contributed by atoms with E-state index in [1.54, 1.807) is 0 Å². The van der Waals surface area contributed by atoms with Crippen LogP contribution >= 0.6 is 11.8 Å². The highest BCUT2D eigenvalue weighted by Crippen LogP contribution is 2.36. The maximum Gasteiger partial charge on any atom is 0.294 e. The Labute approximate surface area is 58.3 Å². The van der Waals surface area contributed by atoms with Crippen LogP contribution in [0.5, 0.6) is 0 Å². The fourth-order valence-electron chi connectivity index (χ4n) is 0.680. The Hall–Kier alpha value is -0.440. The summed E-state index contributed by atoms with van der Waals surface area (Å²) in [7, 11) is 0. The number of hydrogen-bond acceptors (Lipinski definition) is 3. The molecule has 2 nitrogen and oxygen atoms in total. The normalized spacial score (nSPS) is 32.6. The van der Waals surface area contributed by atoms with E-state index in [9.17, 15) is 4.79 Å². The van der Waals surface area contributed by atoms with Crippen LogP contribution in [0.2, 0.25) is 0 Å². The van der Waals surface area contributed by atoms with Crippen LogP contribution in [-0.2, 0) is 9.53 Å². The Kier molecular flexibility index (Phi) is 1.81. The van der Waals surface area contributed by atoms with Gasteiger partial charge in [0.2, 0.25) is 0 Å². The number of carbonyl (C=O) groups excluding carboxylic acids is 1. The molecule has 0 fully saturated rings. The molecule has 0 saturated heterocycles. The molecule has 0 aromatic heterocycles. The first-order valence-corrected chi connectivity index (χ1v) is 3.59. The van der Waals surface area contributed by atoms with Crippen LogP contribution < -0.4 is 0 Å². The van der Waals surface area contributed by atoms with Crippen LogP contribution in [0.25, 0.3) is 0 Å². The quantitative estimate of drug-likeness (QED) is 0.550. The van der Waals surface area contributed by atoms with Gasteiger partial charge in [0.15, 0.2) is 4.93 Å². The molecule has 1 aliphatic heterocycles. The van der Waals surface area contributed by atoms with Gasteiger partial charge in [0.1, 0.15) is 0 Å². The Balaban J connectivity index is 2.44. The molecule has 0 saturated carbocycles. The van der Waals surface area contributed by atoms with Gasteiger partial charge >= 0.3 is 0 Å². The lowest BCUT2D eigenvalue weighted by Gasteiger charge is -2.19. The van der Waals surface area contributed by atoms with Gasteiger partial charge in [-0.1, -0.05) is 17.8 Å². The van der Waals surface area contributed by atoms with Crippen molar-refractivity contribution >= 4 is 18.2 Å². The fraction of sp³-hybridized carbons (Fsp3) is 0.500. The first-order chi connectivity index (χ1) is 4.27. The molecular formula is C6H8O2S. The lowest BCUT2D eigenvalue weighted by atomic mass is 10.3. The second kappa shape index (κ2) is 2.43. The van der Waals surface area contributed by atoms with Crippen LogP contribution in [0.15, 0.2) is 11.5 Å². The largest absolute Gasteiger partial charge is 0.450 e. The zero-order valence-electron chi connectivity index (χ0n) is 5.16. The minimum atomic E-state index is -0.318. The van der Waals surface area contributed by atoms with Gasteiger partial charge in [-0.25, -0.2) is 0 Å². The number of hydrogen-bond donors (Lipinski definition) is 0. The van der Waals surface area contributed by atoms with Gasteiger partial charge in [0, 0.05) is 6.42 Å². The summed E-state index contributed by atoms with van der Waals surface area (Å²) in [5.74, 6) is 0. The maximum atomic E-state index is 9.90. The van der Waals surface area contributed by atoms with Gasteiger partial charge in [0.05, 0.1) is 0 Å². The smallest absolute Gasteiger partial charge is 0.294 e. The average Bonchev–Trinajstić information content (AvgIpc) is 2.16. The molecule has 0 spiro atoms. The number of carbonyl (C=O) groups is 1. The molecule has 0 aromatic rings. The molecule has 1 atom stereocenters. The summed E-state index contributed by atoms with van der Waals surface area (Å²) in [6.45, 7) is 2.39. The first kappa shape index (κ1) is 6.68. The van der Waals surface area contributed by atoms with Gasteiger partial charge < -0.3 is 4.74 Å². The van der Waals surface area contributed by atoms with Crippen molar-refractivity contribution in [1.29, 1.82) is 0 Å². The topological polar surface area (TPSA) is 26.3 Å². The monoisotopic (exact) mass is 144 g/mol. The van der Waals surface area contributed by atoms with Gasteiger partial charge in [-0.2, -0.15) is 0 Å². The standard InChI is InChI=1S/C6H8O2S/c1-6(8-5-7)3-2-4-9-6/h2,4-5H,3H2,1H3. The third-order valence-electron chi connectivity index (χ3n) is 1.20. The summed E-state index contributed by atoms with van der Waals surface area (Å²) in [6, 6.07) is 0. The molecule has 3 heteroatoms. The second-order valence-corrected chi connectivity index (χ2v) is 3.41. The minimum Gasteiger partial charge on any atom is -0.450 e. The van der Waals surface area contributed by atoms with Crippen molar-refractivity contribution < 1.29 is 9.53 Å². The van der Waals surface area contributed by atoms with Crippen molar-refractivity contribution in [3.63, 3.8) is 0 Å². The third kappa shape index (κ3) is 1.48. The van der Waals surface area contributed by atoms with Crippen LogP contribution in [0, 0.1) is 0 Å². The summed E-state index contributed by atoms with van der Waals surface area (Å²) >= 11 is 1.54. The Bertz CT molecular complexity index is 134. The first-order valence-electron chi connectivity index (χ1n) is 2.71. The van der Waals surface area contributed by atoms with Crippen molar-refractivity contribution in [3.8, 4) is 0 Å². The fourth-order valence-corrected chi connectivity index (χ4v) is 1.45. The lowest BCUT2D eigenvalue weighted by Crippen LogP contribution is -2.19. The van der Waals surface area contributed by atoms with E-state index >= 15 is 0 Å². The molecule has 0 N–H and O–H groups in total. The summed E-state index contributed by atoms with van der Waals surface area (Å²) < 4.78 is 4.81. The van der Waals surface area contributed by atoms with Crippen molar-refractivity contribution in [2.75, 3.05) is 0 Å². The molecule has 50 valence electrons. The van der Waals surface area contributed by atoms with E-state index in [-0.39, 0.29) is 4.93 Å². The molecule has 1 rings (SSSR count). The van der Waals surface area contributed by atoms with E-state index in [0.29, 0.717) is 6.47 Å². The molecule has 0 amide bonds. The molecule has 1 heterocycles. The predicted molar refractivity (Wildman–Crippen MR) is 36.9 cm³/mol. The Morgan fingerprint density at radius 1 is 1.89 bits per heavy atom. The molecule has 1 aliphatic rings. The average molecular weight is 144 g/mol. The highest BCUT2D eigenvalue weighted by Gasteiger charge is 2.27. The van der Waals surface area contributed by atoms with E-state index in [1.807, 2.05) is 18.4 Å². The summed E-state index contributed by atoms with van der Waals surface area (Å²) in [4.78, 5) is 9.58. The summed E-state index contributed by atoms with van der Waals surface area (Å²) in [6.07, 6.45) is 2.81. The summed E-state index contributed by atoms with van der Waals surface area (Å²) in [5, 5.41) is 1.95. The van der Waals surface area contributed by atoms with Crippen LogP contribution in [0.4, 0.5) is 0 Å². The maximum absolute atomic E-state index is 9.90. The van der Waals surface area contributed by atoms with Crippen molar-refractivity contribution in [3.05, 3.63) is 11.5 Å². The van der Waals surface area contributed by atoms with E-state index in [4.69, 9.17) is 4.74 Å². The lowest BCUT2D eigenvalue weighted by molar-refractivity contribution is -0.134. The number of ether oxygens (including phenoxy) is 1. The zero-order chi connectivity index (χ0) is 6.74. The molecule has 0 aliphatic carbocycles. The van der Waals surface area contributed by atoms with Crippen molar-refractivity contribution in [2.24, 2.45) is 0 Å². The minimum absolute atomic E-state index is 0.318. The number of rotatable bonds is 2. The zero-order valence-corrected chi connectivity index (χ0v) is 5.98. The van der Waals surface area contributed by atoms with Gasteiger partial charge in [0.25, 0.3) is 6.47 Å². The molecule has 0 aromatic carbocycles. The van der Waals surface area contributed by atoms with Crippen molar-refractivity contribution in [2.45, 2.75) is 18.3 Å². The van der Waals surface area contributed by atoms with E-state index in [1.165, 1.54) is 11.8 Å². The van der Waals surface area contributed by atoms with Crippen LogP contribution in [0.1, 0.15) is 13.3 Å². The predicted octanol–water partition coefficient (Wildman–Crippen LogP) is 1.53. The van der Waals surface area contributed by atoms with E-state index < -0.39 is 0 Å². The van der Waals surface area contributed by atoms with E-state index in [0.717, 1.165) is 6.42 Å². The summed E-state index contributed by atoms with van der Waals surface area (Å²) in [5.41, 5.74) is 0. The van der Waals surface area contributed by atoms with Gasteiger partial charge in [-0.05, 0) is 12.3 Å². The van der Waals surface area contributed by atoms with Gasteiger partial charge in [-0.3, -0.25) is 4.79 Å². The van der Waals surface area contributed by atoms with E-state index in [2.05, 4.69) is 0 Å². The molecular weight excluding hydrogens is 136 g/mol. The Morgan fingerprint density at radius 3 is 3.11 bits per heavy atom.